The Morgan fingerprint density at radius 1 is 1.26 bits per heavy atom. The number of aryl methyl sites for hydroxylation is 1. The summed E-state index contributed by atoms with van der Waals surface area (Å²) in [6.07, 6.45) is 6.47. The molecular weight excluding hydrogens is 286 g/mol. The average Bonchev–Trinajstić information content (AvgIpc) is 3.09. The summed E-state index contributed by atoms with van der Waals surface area (Å²) in [6, 6.07) is 10.3. The second kappa shape index (κ2) is 5.09. The first-order chi connectivity index (χ1) is 11.2. The number of carbonyl (C=O) groups is 1. The molecule has 1 aliphatic rings. The van der Waals surface area contributed by atoms with E-state index in [-0.39, 0.29) is 5.91 Å². The maximum absolute atomic E-state index is 11.8. The number of rotatable bonds is 2. The van der Waals surface area contributed by atoms with Gasteiger partial charge < -0.3 is 9.88 Å². The summed E-state index contributed by atoms with van der Waals surface area (Å²) in [7, 11) is 0. The minimum Gasteiger partial charge on any atom is -0.325 e. The largest absolute Gasteiger partial charge is 0.325 e. The van der Waals surface area contributed by atoms with Crippen LogP contribution in [0.3, 0.4) is 0 Å². The quantitative estimate of drug-likeness (QED) is 0.781. The molecule has 4 heteroatoms. The number of hydrogen-bond acceptors (Lipinski definition) is 2. The van der Waals surface area contributed by atoms with Crippen molar-refractivity contribution in [3.8, 4) is 5.69 Å². The molecule has 0 unspecified atom stereocenters. The van der Waals surface area contributed by atoms with Crippen LogP contribution in [0.15, 0.2) is 42.6 Å². The number of nitrogens with zero attached hydrogens (tertiary/aromatic N) is 2. The number of allylic oxidation sites excluding steroid dienone is 1. The fraction of sp³-hybridized carbons (Fsp3) is 0.158. The number of fused-ring (bicyclic) bond motifs is 2. The second-order valence-electron chi connectivity index (χ2n) is 5.85. The molecule has 0 radical (unpaired) electrons. The molecule has 114 valence electrons. The smallest absolute Gasteiger partial charge is 0.228 e. The van der Waals surface area contributed by atoms with Crippen molar-refractivity contribution in [2.24, 2.45) is 0 Å². The number of pyridine rings is 1. The highest BCUT2D eigenvalue weighted by molar-refractivity contribution is 6.02. The van der Waals surface area contributed by atoms with Crippen LogP contribution in [0.25, 0.3) is 22.8 Å². The third kappa shape index (κ3) is 2.23. The minimum absolute atomic E-state index is 0.0502. The first-order valence-corrected chi connectivity index (χ1v) is 7.70. The van der Waals surface area contributed by atoms with E-state index < -0.39 is 0 Å². The van der Waals surface area contributed by atoms with Crippen LogP contribution < -0.4 is 5.32 Å². The summed E-state index contributed by atoms with van der Waals surface area (Å²) in [4.78, 5) is 16.4. The third-order valence-corrected chi connectivity index (χ3v) is 4.15. The van der Waals surface area contributed by atoms with Gasteiger partial charge in [0.05, 0.1) is 12.1 Å². The van der Waals surface area contributed by atoms with Gasteiger partial charge in [0.15, 0.2) is 0 Å². The number of benzene rings is 1. The van der Waals surface area contributed by atoms with Gasteiger partial charge in [-0.3, -0.25) is 4.79 Å². The molecule has 1 aromatic carbocycles. The molecule has 0 fully saturated rings. The van der Waals surface area contributed by atoms with Gasteiger partial charge in [0.25, 0.3) is 0 Å². The van der Waals surface area contributed by atoms with Crippen molar-refractivity contribution >= 4 is 28.7 Å². The summed E-state index contributed by atoms with van der Waals surface area (Å²) in [5, 5.41) is 4.06. The van der Waals surface area contributed by atoms with Crippen LogP contribution in [-0.4, -0.2) is 15.5 Å². The lowest BCUT2D eigenvalue weighted by atomic mass is 10.1. The molecule has 4 rings (SSSR count). The van der Waals surface area contributed by atoms with Crippen molar-refractivity contribution in [3.05, 3.63) is 59.4 Å². The van der Waals surface area contributed by atoms with Gasteiger partial charge in [-0.2, -0.15) is 0 Å². The summed E-state index contributed by atoms with van der Waals surface area (Å²) < 4.78 is 2.08. The predicted octanol–water partition coefficient (Wildman–Crippen LogP) is 3.86. The van der Waals surface area contributed by atoms with Crippen molar-refractivity contribution in [1.29, 1.82) is 0 Å². The minimum atomic E-state index is 0.0502. The molecule has 4 nitrogen and oxygen atoms in total. The van der Waals surface area contributed by atoms with E-state index in [1.54, 1.807) is 0 Å². The molecule has 1 aliphatic heterocycles. The van der Waals surface area contributed by atoms with Gasteiger partial charge in [0.1, 0.15) is 5.65 Å². The summed E-state index contributed by atoms with van der Waals surface area (Å²) in [6.45, 7) is 3.97. The number of hydrogen-bond donors (Lipinski definition) is 1. The van der Waals surface area contributed by atoms with Crippen molar-refractivity contribution in [3.63, 3.8) is 0 Å². The van der Waals surface area contributed by atoms with E-state index in [1.807, 2.05) is 38.3 Å². The highest BCUT2D eigenvalue weighted by Crippen LogP contribution is 2.32. The Morgan fingerprint density at radius 2 is 2.13 bits per heavy atom. The molecule has 0 bridgehead atoms. The Kier molecular flexibility index (Phi) is 3.05. The monoisotopic (exact) mass is 303 g/mol. The van der Waals surface area contributed by atoms with E-state index >= 15 is 0 Å². The van der Waals surface area contributed by atoms with E-state index in [0.717, 1.165) is 39.2 Å². The maximum Gasteiger partial charge on any atom is 0.228 e. The maximum atomic E-state index is 11.8. The van der Waals surface area contributed by atoms with E-state index in [4.69, 9.17) is 0 Å². The van der Waals surface area contributed by atoms with Crippen molar-refractivity contribution in [2.75, 3.05) is 5.32 Å². The fourth-order valence-electron chi connectivity index (χ4n) is 3.12. The highest BCUT2D eigenvalue weighted by atomic mass is 16.1. The standard InChI is InChI=1S/C19H17N3O/c1-3-4-14-9-16(10-15-11-17(23)21-18(14)15)22-8-7-13-6-5-12(2)20-19(13)22/h3-10H,11H2,1-2H3,(H,21,23)/b4-3+. The molecule has 0 atom stereocenters. The van der Waals surface area contributed by atoms with E-state index in [0.29, 0.717) is 6.42 Å². The van der Waals surface area contributed by atoms with Crippen molar-refractivity contribution in [2.45, 2.75) is 20.3 Å². The second-order valence-corrected chi connectivity index (χ2v) is 5.85. The average molecular weight is 303 g/mol. The van der Waals surface area contributed by atoms with Crippen molar-refractivity contribution in [1.82, 2.24) is 9.55 Å². The zero-order chi connectivity index (χ0) is 16.0. The zero-order valence-corrected chi connectivity index (χ0v) is 13.1. The van der Waals surface area contributed by atoms with Crippen LogP contribution >= 0.6 is 0 Å². The fourth-order valence-corrected chi connectivity index (χ4v) is 3.12. The van der Waals surface area contributed by atoms with E-state index in [1.165, 1.54) is 0 Å². The Balaban J connectivity index is 1.95. The zero-order valence-electron chi connectivity index (χ0n) is 13.1. The molecule has 1 N–H and O–H groups in total. The van der Waals surface area contributed by atoms with Gasteiger partial charge in [0, 0.05) is 28.5 Å². The molecule has 1 amide bonds. The Labute approximate surface area is 134 Å². The van der Waals surface area contributed by atoms with Crippen LogP contribution in [0.2, 0.25) is 0 Å². The topological polar surface area (TPSA) is 46.9 Å². The van der Waals surface area contributed by atoms with E-state index in [9.17, 15) is 4.79 Å². The van der Waals surface area contributed by atoms with Crippen LogP contribution in [0, 0.1) is 6.92 Å². The number of nitrogens with one attached hydrogen (secondary N) is 1. The molecule has 3 heterocycles. The molecule has 3 aromatic rings. The number of amides is 1. The first kappa shape index (κ1) is 13.8. The lowest BCUT2D eigenvalue weighted by Gasteiger charge is -2.11. The summed E-state index contributed by atoms with van der Waals surface area (Å²) in [5.74, 6) is 0.0502. The predicted molar refractivity (Wildman–Crippen MR) is 92.8 cm³/mol. The number of aromatic nitrogens is 2. The lowest BCUT2D eigenvalue weighted by Crippen LogP contribution is -2.04. The SMILES string of the molecule is C/C=C/c1cc(-n2ccc3ccc(C)nc32)cc2c1NC(=O)C2. The van der Waals surface area contributed by atoms with Gasteiger partial charge in [-0.05, 0) is 49.7 Å². The molecule has 2 aromatic heterocycles. The number of carbonyl (C=O) groups excluding carboxylic acids is 1. The summed E-state index contributed by atoms with van der Waals surface area (Å²) >= 11 is 0. The van der Waals surface area contributed by atoms with E-state index in [2.05, 4.69) is 39.1 Å². The van der Waals surface area contributed by atoms with Crippen LogP contribution in [0.5, 0.6) is 0 Å². The molecular formula is C19H17N3O. The molecule has 0 spiro atoms. The lowest BCUT2D eigenvalue weighted by molar-refractivity contribution is -0.115. The van der Waals surface area contributed by atoms with Gasteiger partial charge in [-0.25, -0.2) is 4.98 Å². The molecule has 0 saturated heterocycles. The Hall–Kier alpha value is -2.88. The Bertz CT molecular complexity index is 966. The number of anilines is 1. The van der Waals surface area contributed by atoms with Crippen molar-refractivity contribution < 1.29 is 4.79 Å². The normalized spacial score (nSPS) is 13.7. The van der Waals surface area contributed by atoms with Crippen LogP contribution in [-0.2, 0) is 11.2 Å². The summed E-state index contributed by atoms with van der Waals surface area (Å²) in [5.41, 5.74) is 5.95. The van der Waals surface area contributed by atoms with Gasteiger partial charge >= 0.3 is 0 Å². The molecule has 0 aliphatic carbocycles. The van der Waals surface area contributed by atoms with Gasteiger partial charge in [-0.1, -0.05) is 12.2 Å². The first-order valence-electron chi connectivity index (χ1n) is 7.70. The van der Waals surface area contributed by atoms with Gasteiger partial charge in [0.2, 0.25) is 5.91 Å². The van der Waals surface area contributed by atoms with Crippen LogP contribution in [0.1, 0.15) is 23.7 Å². The van der Waals surface area contributed by atoms with Gasteiger partial charge in [-0.15, -0.1) is 0 Å². The highest BCUT2D eigenvalue weighted by Gasteiger charge is 2.21. The third-order valence-electron chi connectivity index (χ3n) is 4.15. The molecule has 0 saturated carbocycles. The Morgan fingerprint density at radius 3 is 2.96 bits per heavy atom. The van der Waals surface area contributed by atoms with Crippen LogP contribution in [0.4, 0.5) is 5.69 Å². The molecule has 23 heavy (non-hydrogen) atoms.